The summed E-state index contributed by atoms with van der Waals surface area (Å²) in [5.74, 6) is -3.80. The standard InChI is InChI=1S/C12H17F2N3O3/c1-11(2,3)20-10(19)16-6-9(18)17-7-12(13,14)4-8(17)5-15/h8H,4,6-7H2,1-3H3,(H,16,19). The largest absolute Gasteiger partial charge is 0.444 e. The Morgan fingerprint density at radius 3 is 2.60 bits per heavy atom. The van der Waals surface area contributed by atoms with Crippen LogP contribution >= 0.6 is 0 Å². The van der Waals surface area contributed by atoms with Crippen molar-refractivity contribution >= 4 is 12.0 Å². The molecule has 0 spiro atoms. The third-order valence-corrected chi connectivity index (χ3v) is 2.52. The zero-order valence-corrected chi connectivity index (χ0v) is 11.6. The number of nitrogens with one attached hydrogen (secondary N) is 1. The second-order valence-electron chi connectivity index (χ2n) is 5.58. The van der Waals surface area contributed by atoms with E-state index in [0.29, 0.717) is 0 Å². The van der Waals surface area contributed by atoms with Crippen molar-refractivity contribution in [2.45, 2.75) is 44.8 Å². The molecule has 1 rings (SSSR count). The SMILES string of the molecule is CC(C)(C)OC(=O)NCC(=O)N1CC(F)(F)CC1C#N. The van der Waals surface area contributed by atoms with Gasteiger partial charge in [-0.15, -0.1) is 0 Å². The van der Waals surface area contributed by atoms with Crippen LogP contribution in [0.5, 0.6) is 0 Å². The lowest BCUT2D eigenvalue weighted by molar-refractivity contribution is -0.131. The van der Waals surface area contributed by atoms with Gasteiger partial charge in [0, 0.05) is 6.42 Å². The molecular weight excluding hydrogens is 272 g/mol. The normalized spacial score (nSPS) is 21.2. The van der Waals surface area contributed by atoms with E-state index in [9.17, 15) is 18.4 Å². The van der Waals surface area contributed by atoms with Gasteiger partial charge in [0.05, 0.1) is 12.6 Å². The molecule has 20 heavy (non-hydrogen) atoms. The maximum absolute atomic E-state index is 13.2. The summed E-state index contributed by atoms with van der Waals surface area (Å²) in [6, 6.07) is 0.489. The van der Waals surface area contributed by atoms with E-state index in [1.807, 2.05) is 0 Å². The smallest absolute Gasteiger partial charge is 0.408 e. The molecule has 0 bridgehead atoms. The number of nitrogens with zero attached hydrogens (tertiary/aromatic N) is 2. The van der Waals surface area contributed by atoms with E-state index in [1.165, 1.54) is 0 Å². The zero-order chi connectivity index (χ0) is 15.6. The van der Waals surface area contributed by atoms with E-state index < -0.39 is 49.1 Å². The summed E-state index contributed by atoms with van der Waals surface area (Å²) in [5.41, 5.74) is -0.719. The molecule has 0 aliphatic carbocycles. The highest BCUT2D eigenvalue weighted by atomic mass is 19.3. The van der Waals surface area contributed by atoms with E-state index in [0.717, 1.165) is 4.90 Å². The fourth-order valence-corrected chi connectivity index (χ4v) is 1.76. The number of hydrogen-bond acceptors (Lipinski definition) is 4. The van der Waals surface area contributed by atoms with Gasteiger partial charge in [0.15, 0.2) is 0 Å². The summed E-state index contributed by atoms with van der Waals surface area (Å²) in [4.78, 5) is 23.9. The van der Waals surface area contributed by atoms with Crippen LogP contribution in [-0.4, -0.2) is 47.6 Å². The monoisotopic (exact) mass is 289 g/mol. The second kappa shape index (κ2) is 5.61. The first-order chi connectivity index (χ1) is 9.04. The number of alkyl halides is 2. The summed E-state index contributed by atoms with van der Waals surface area (Å²) in [6.07, 6.45) is -1.49. The van der Waals surface area contributed by atoms with Crippen molar-refractivity contribution < 1.29 is 23.1 Å². The number of rotatable bonds is 2. The average molecular weight is 289 g/mol. The molecule has 0 aromatic heterocycles. The Balaban J connectivity index is 2.51. The van der Waals surface area contributed by atoms with Gasteiger partial charge in [0.2, 0.25) is 5.91 Å². The van der Waals surface area contributed by atoms with Gasteiger partial charge in [0.1, 0.15) is 18.2 Å². The highest BCUT2D eigenvalue weighted by Gasteiger charge is 2.47. The summed E-state index contributed by atoms with van der Waals surface area (Å²) in [6.45, 7) is 3.67. The lowest BCUT2D eigenvalue weighted by Gasteiger charge is -2.21. The summed E-state index contributed by atoms with van der Waals surface area (Å²) >= 11 is 0. The molecule has 0 aromatic rings. The Bertz CT molecular complexity index is 440. The Hall–Kier alpha value is -1.91. The third kappa shape index (κ3) is 4.64. The van der Waals surface area contributed by atoms with Crippen LogP contribution in [0.1, 0.15) is 27.2 Å². The van der Waals surface area contributed by atoms with Gasteiger partial charge in [0.25, 0.3) is 5.92 Å². The number of carbonyl (C=O) groups is 2. The number of nitriles is 1. The van der Waals surface area contributed by atoms with E-state index in [4.69, 9.17) is 10.00 Å². The summed E-state index contributed by atoms with van der Waals surface area (Å²) in [7, 11) is 0. The molecule has 0 saturated carbocycles. The van der Waals surface area contributed by atoms with E-state index in [-0.39, 0.29) is 0 Å². The van der Waals surface area contributed by atoms with E-state index >= 15 is 0 Å². The molecule has 1 heterocycles. The van der Waals surface area contributed by atoms with Crippen molar-refractivity contribution in [2.24, 2.45) is 0 Å². The van der Waals surface area contributed by atoms with Crippen LogP contribution in [0.25, 0.3) is 0 Å². The Labute approximate surface area is 115 Å². The van der Waals surface area contributed by atoms with Crippen molar-refractivity contribution in [3.05, 3.63) is 0 Å². The molecule has 2 amide bonds. The van der Waals surface area contributed by atoms with Crippen LogP contribution in [0, 0.1) is 11.3 Å². The Morgan fingerprint density at radius 2 is 2.10 bits per heavy atom. The van der Waals surface area contributed by atoms with E-state index in [1.54, 1.807) is 26.8 Å². The lowest BCUT2D eigenvalue weighted by Crippen LogP contribution is -2.44. The Morgan fingerprint density at radius 1 is 1.50 bits per heavy atom. The molecule has 8 heteroatoms. The van der Waals surface area contributed by atoms with Gasteiger partial charge in [-0.05, 0) is 20.8 Å². The van der Waals surface area contributed by atoms with Crippen molar-refractivity contribution in [1.29, 1.82) is 5.26 Å². The van der Waals surface area contributed by atoms with Gasteiger partial charge in [-0.1, -0.05) is 0 Å². The highest BCUT2D eigenvalue weighted by molar-refractivity contribution is 5.83. The van der Waals surface area contributed by atoms with Gasteiger partial charge >= 0.3 is 6.09 Å². The third-order valence-electron chi connectivity index (χ3n) is 2.52. The minimum atomic E-state index is -3.07. The van der Waals surface area contributed by atoms with Gasteiger partial charge in [-0.2, -0.15) is 5.26 Å². The molecule has 0 aromatic carbocycles. The molecule has 1 unspecified atom stereocenters. The summed E-state index contributed by atoms with van der Waals surface area (Å²) in [5, 5.41) is 10.9. The minimum absolute atomic E-state index is 0.483. The molecule has 112 valence electrons. The Kier molecular flexibility index (Phi) is 4.53. The molecule has 6 nitrogen and oxygen atoms in total. The van der Waals surface area contributed by atoms with Crippen LogP contribution < -0.4 is 5.32 Å². The fourth-order valence-electron chi connectivity index (χ4n) is 1.76. The number of halogens is 2. The molecule has 1 N–H and O–H groups in total. The van der Waals surface area contributed by atoms with E-state index in [2.05, 4.69) is 5.32 Å². The first-order valence-corrected chi connectivity index (χ1v) is 6.08. The molecule has 1 aliphatic rings. The van der Waals surface area contributed by atoms with Crippen LogP contribution in [0.3, 0.4) is 0 Å². The number of hydrogen-bond donors (Lipinski definition) is 1. The number of ether oxygens (including phenoxy) is 1. The molecule has 1 fully saturated rings. The predicted molar refractivity (Wildman–Crippen MR) is 64.9 cm³/mol. The summed E-state index contributed by atoms with van der Waals surface area (Å²) < 4.78 is 31.2. The van der Waals surface area contributed by atoms with Crippen LogP contribution in [-0.2, 0) is 9.53 Å². The molecule has 0 radical (unpaired) electrons. The van der Waals surface area contributed by atoms with Crippen LogP contribution in [0.4, 0.5) is 13.6 Å². The van der Waals surface area contributed by atoms with Gasteiger partial charge in [-0.25, -0.2) is 13.6 Å². The average Bonchev–Trinajstić information content (AvgIpc) is 2.59. The van der Waals surface area contributed by atoms with Crippen molar-refractivity contribution in [3.8, 4) is 6.07 Å². The first-order valence-electron chi connectivity index (χ1n) is 6.08. The van der Waals surface area contributed by atoms with Crippen LogP contribution in [0.15, 0.2) is 0 Å². The molecule has 1 saturated heterocycles. The first kappa shape index (κ1) is 16.1. The van der Waals surface area contributed by atoms with Gasteiger partial charge < -0.3 is 15.0 Å². The fraction of sp³-hybridized carbons (Fsp3) is 0.750. The van der Waals surface area contributed by atoms with Crippen molar-refractivity contribution in [3.63, 3.8) is 0 Å². The molecule has 1 aliphatic heterocycles. The number of likely N-dealkylation sites (tertiary alicyclic amines) is 1. The number of amides is 2. The number of carbonyl (C=O) groups excluding carboxylic acids is 2. The van der Waals surface area contributed by atoms with Crippen molar-refractivity contribution in [2.75, 3.05) is 13.1 Å². The maximum Gasteiger partial charge on any atom is 0.408 e. The maximum atomic E-state index is 13.2. The topological polar surface area (TPSA) is 82.4 Å². The lowest BCUT2D eigenvalue weighted by atomic mass is 10.2. The molecular formula is C12H17F2N3O3. The predicted octanol–water partition coefficient (Wildman–Crippen LogP) is 1.27. The minimum Gasteiger partial charge on any atom is -0.444 e. The van der Waals surface area contributed by atoms with Crippen LogP contribution in [0.2, 0.25) is 0 Å². The zero-order valence-electron chi connectivity index (χ0n) is 11.6. The molecule has 1 atom stereocenters. The number of alkyl carbamates (subject to hydrolysis) is 1. The van der Waals surface area contributed by atoms with Crippen molar-refractivity contribution in [1.82, 2.24) is 10.2 Å². The quantitative estimate of drug-likeness (QED) is 0.830. The second-order valence-corrected chi connectivity index (χ2v) is 5.58. The highest BCUT2D eigenvalue weighted by Crippen LogP contribution is 2.31. The van der Waals surface area contributed by atoms with Gasteiger partial charge in [-0.3, -0.25) is 4.79 Å².